The van der Waals surface area contributed by atoms with E-state index in [4.69, 9.17) is 5.11 Å². The van der Waals surface area contributed by atoms with E-state index in [-0.39, 0.29) is 17.9 Å². The lowest BCUT2D eigenvalue weighted by Crippen LogP contribution is -2.54. The molecule has 0 aromatic carbocycles. The molecule has 2 aliphatic rings. The third kappa shape index (κ3) is 2.51. The molecule has 1 N–H and O–H groups in total. The summed E-state index contributed by atoms with van der Waals surface area (Å²) in [6, 6.07) is 0.186. The average Bonchev–Trinajstić information content (AvgIpc) is 2.77. The molecule has 1 heterocycles. The minimum atomic E-state index is -0.812. The Morgan fingerprint density at radius 1 is 1.17 bits per heavy atom. The Hall–Kier alpha value is -1.10. The molecule has 0 aromatic heterocycles. The smallest absolute Gasteiger partial charge is 0.307 e. The second-order valence-corrected chi connectivity index (χ2v) is 5.63. The van der Waals surface area contributed by atoms with Crippen molar-refractivity contribution in [2.45, 2.75) is 32.2 Å². The number of carboxylic acids is 1. The van der Waals surface area contributed by atoms with Crippen LogP contribution in [-0.4, -0.2) is 59.5 Å². The van der Waals surface area contributed by atoms with Gasteiger partial charge in [-0.25, -0.2) is 0 Å². The van der Waals surface area contributed by atoms with Crippen molar-refractivity contribution in [2.24, 2.45) is 11.8 Å². The number of piperazine rings is 1. The molecule has 0 radical (unpaired) electrons. The number of hydrogen-bond acceptors (Lipinski definition) is 3. The molecule has 3 atom stereocenters. The van der Waals surface area contributed by atoms with E-state index in [2.05, 4.69) is 4.90 Å². The fourth-order valence-electron chi connectivity index (χ4n) is 3.23. The summed E-state index contributed by atoms with van der Waals surface area (Å²) in [6.45, 7) is 4.51. The Balaban J connectivity index is 2.04. The SMILES string of the molecule is CC1CN(C)CCN1C(=O)C1CCCC1C(=O)O. The normalized spacial score (nSPS) is 33.7. The predicted molar refractivity (Wildman–Crippen MR) is 67.1 cm³/mol. The molecule has 3 unspecified atom stereocenters. The van der Waals surface area contributed by atoms with Gasteiger partial charge < -0.3 is 14.9 Å². The van der Waals surface area contributed by atoms with Crippen molar-refractivity contribution >= 4 is 11.9 Å². The van der Waals surface area contributed by atoms with Crippen LogP contribution in [0.15, 0.2) is 0 Å². The lowest BCUT2D eigenvalue weighted by molar-refractivity contribution is -0.151. The maximum absolute atomic E-state index is 12.5. The fraction of sp³-hybridized carbons (Fsp3) is 0.846. The zero-order valence-electron chi connectivity index (χ0n) is 11.1. The first-order valence-electron chi connectivity index (χ1n) is 6.72. The summed E-state index contributed by atoms with van der Waals surface area (Å²) in [5.41, 5.74) is 0. The van der Waals surface area contributed by atoms with Crippen LogP contribution in [-0.2, 0) is 9.59 Å². The van der Waals surface area contributed by atoms with Gasteiger partial charge in [-0.15, -0.1) is 0 Å². The van der Waals surface area contributed by atoms with E-state index in [1.807, 2.05) is 18.9 Å². The number of rotatable bonds is 2. The number of carbonyl (C=O) groups is 2. The molecule has 1 aliphatic heterocycles. The van der Waals surface area contributed by atoms with Crippen molar-refractivity contribution in [1.29, 1.82) is 0 Å². The van der Waals surface area contributed by atoms with E-state index in [0.29, 0.717) is 6.42 Å². The summed E-state index contributed by atoms with van der Waals surface area (Å²) in [7, 11) is 2.05. The first kappa shape index (κ1) is 13.3. The van der Waals surface area contributed by atoms with Gasteiger partial charge in [0.05, 0.1) is 11.8 Å². The summed E-state index contributed by atoms with van der Waals surface area (Å²) in [6.07, 6.45) is 2.23. The highest BCUT2D eigenvalue weighted by Gasteiger charge is 2.41. The van der Waals surface area contributed by atoms with Gasteiger partial charge in [0.15, 0.2) is 0 Å². The number of carboxylic acid groups (broad SMARTS) is 1. The summed E-state index contributed by atoms with van der Waals surface area (Å²) in [5.74, 6) is -1.52. The summed E-state index contributed by atoms with van der Waals surface area (Å²) >= 11 is 0. The standard InChI is InChI=1S/C13H22N2O3/c1-9-8-14(2)6-7-15(9)12(16)10-4-3-5-11(10)13(17)18/h9-11H,3-8H2,1-2H3,(H,17,18). The van der Waals surface area contributed by atoms with E-state index < -0.39 is 11.9 Å². The van der Waals surface area contributed by atoms with Crippen molar-refractivity contribution in [1.82, 2.24) is 9.80 Å². The monoisotopic (exact) mass is 254 g/mol. The van der Waals surface area contributed by atoms with Gasteiger partial charge in [-0.2, -0.15) is 0 Å². The summed E-state index contributed by atoms with van der Waals surface area (Å²) in [5, 5.41) is 9.16. The van der Waals surface area contributed by atoms with Crippen molar-refractivity contribution in [3.63, 3.8) is 0 Å². The van der Waals surface area contributed by atoms with E-state index in [1.54, 1.807) is 0 Å². The Morgan fingerprint density at radius 2 is 1.83 bits per heavy atom. The van der Waals surface area contributed by atoms with Gasteiger partial charge in [-0.05, 0) is 26.8 Å². The summed E-state index contributed by atoms with van der Waals surface area (Å²) < 4.78 is 0. The molecule has 1 saturated carbocycles. The van der Waals surface area contributed by atoms with Gasteiger partial charge in [-0.1, -0.05) is 6.42 Å². The molecule has 18 heavy (non-hydrogen) atoms. The predicted octanol–water partition coefficient (Wildman–Crippen LogP) is 0.650. The van der Waals surface area contributed by atoms with Gasteiger partial charge in [0.1, 0.15) is 0 Å². The number of hydrogen-bond donors (Lipinski definition) is 1. The second-order valence-electron chi connectivity index (χ2n) is 5.63. The highest BCUT2D eigenvalue weighted by Crippen LogP contribution is 2.34. The van der Waals surface area contributed by atoms with Crippen LogP contribution in [0.25, 0.3) is 0 Å². The van der Waals surface area contributed by atoms with E-state index >= 15 is 0 Å². The van der Waals surface area contributed by atoms with Crippen LogP contribution in [0.2, 0.25) is 0 Å². The third-order valence-electron chi connectivity index (χ3n) is 4.26. The zero-order chi connectivity index (χ0) is 13.3. The molecule has 102 valence electrons. The van der Waals surface area contributed by atoms with Gasteiger partial charge >= 0.3 is 5.97 Å². The lowest BCUT2D eigenvalue weighted by atomic mass is 9.94. The van der Waals surface area contributed by atoms with Crippen LogP contribution >= 0.6 is 0 Å². The van der Waals surface area contributed by atoms with Crippen molar-refractivity contribution in [3.8, 4) is 0 Å². The summed E-state index contributed by atoms with van der Waals surface area (Å²) in [4.78, 5) is 27.7. The van der Waals surface area contributed by atoms with E-state index in [1.165, 1.54) is 0 Å². The quantitative estimate of drug-likeness (QED) is 0.786. The topological polar surface area (TPSA) is 60.9 Å². The Labute approximate surface area is 108 Å². The number of carbonyl (C=O) groups excluding carboxylic acids is 1. The number of nitrogens with zero attached hydrogens (tertiary/aromatic N) is 2. The molecule has 1 aliphatic carbocycles. The molecule has 5 nitrogen and oxygen atoms in total. The molecular weight excluding hydrogens is 232 g/mol. The molecule has 0 bridgehead atoms. The highest BCUT2D eigenvalue weighted by molar-refractivity contribution is 5.85. The number of amides is 1. The van der Waals surface area contributed by atoms with Gasteiger partial charge in [0.2, 0.25) is 5.91 Å². The van der Waals surface area contributed by atoms with Crippen molar-refractivity contribution in [2.75, 3.05) is 26.7 Å². The average molecular weight is 254 g/mol. The van der Waals surface area contributed by atoms with Crippen molar-refractivity contribution in [3.05, 3.63) is 0 Å². The Kier molecular flexibility index (Phi) is 3.90. The third-order valence-corrected chi connectivity index (χ3v) is 4.26. The molecule has 0 aromatic rings. The molecule has 1 saturated heterocycles. The second kappa shape index (κ2) is 5.26. The van der Waals surface area contributed by atoms with Crippen molar-refractivity contribution < 1.29 is 14.7 Å². The minimum absolute atomic E-state index is 0.0560. The van der Waals surface area contributed by atoms with Crippen LogP contribution < -0.4 is 0 Å². The van der Waals surface area contributed by atoms with E-state index in [0.717, 1.165) is 32.5 Å². The van der Waals surface area contributed by atoms with Gasteiger partial charge in [-0.3, -0.25) is 9.59 Å². The number of likely N-dealkylation sites (N-methyl/N-ethyl adjacent to an activating group) is 1. The fourth-order valence-corrected chi connectivity index (χ4v) is 3.23. The first-order chi connectivity index (χ1) is 8.50. The van der Waals surface area contributed by atoms with Gasteiger partial charge in [0.25, 0.3) is 0 Å². The molecular formula is C13H22N2O3. The molecule has 2 rings (SSSR count). The maximum Gasteiger partial charge on any atom is 0.307 e. The van der Waals surface area contributed by atoms with Gasteiger partial charge in [0, 0.05) is 25.7 Å². The highest BCUT2D eigenvalue weighted by atomic mass is 16.4. The maximum atomic E-state index is 12.5. The lowest BCUT2D eigenvalue weighted by Gasteiger charge is -2.40. The Bertz CT molecular complexity index is 345. The minimum Gasteiger partial charge on any atom is -0.481 e. The van der Waals surface area contributed by atoms with Crippen LogP contribution in [0.1, 0.15) is 26.2 Å². The zero-order valence-corrected chi connectivity index (χ0v) is 11.1. The molecule has 5 heteroatoms. The van der Waals surface area contributed by atoms with E-state index in [9.17, 15) is 9.59 Å². The Morgan fingerprint density at radius 3 is 2.44 bits per heavy atom. The molecule has 2 fully saturated rings. The number of aliphatic carboxylic acids is 1. The van der Waals surface area contributed by atoms with Crippen LogP contribution in [0.4, 0.5) is 0 Å². The van der Waals surface area contributed by atoms with Crippen LogP contribution in [0.3, 0.4) is 0 Å². The molecule has 0 spiro atoms. The van der Waals surface area contributed by atoms with Crippen LogP contribution in [0.5, 0.6) is 0 Å². The largest absolute Gasteiger partial charge is 0.481 e. The first-order valence-corrected chi connectivity index (χ1v) is 6.72. The molecule has 1 amide bonds. The van der Waals surface area contributed by atoms with Crippen LogP contribution in [0, 0.1) is 11.8 Å².